The van der Waals surface area contributed by atoms with Gasteiger partial charge in [-0.2, -0.15) is 0 Å². The topological polar surface area (TPSA) is 40.5 Å². The Hall–Kier alpha value is -2.74. The van der Waals surface area contributed by atoms with E-state index in [0.29, 0.717) is 11.5 Å². The van der Waals surface area contributed by atoms with E-state index in [1.165, 1.54) is 16.7 Å². The maximum Gasteiger partial charge on any atom is 0.115 e. The van der Waals surface area contributed by atoms with Crippen molar-refractivity contribution in [3.8, 4) is 11.5 Å². The van der Waals surface area contributed by atoms with Gasteiger partial charge in [-0.05, 0) is 72.9 Å². The summed E-state index contributed by atoms with van der Waals surface area (Å²) >= 11 is 0. The average molecular weight is 348 g/mol. The molecule has 3 aromatic rings. The summed E-state index contributed by atoms with van der Waals surface area (Å²) in [7, 11) is 0. The Kier molecular flexibility index (Phi) is 6.10. The lowest BCUT2D eigenvalue weighted by molar-refractivity contribution is 0.473. The van der Waals surface area contributed by atoms with Crippen molar-refractivity contribution in [2.24, 2.45) is 0 Å². The van der Waals surface area contributed by atoms with Crippen LogP contribution in [0.2, 0.25) is 0 Å². The van der Waals surface area contributed by atoms with E-state index >= 15 is 0 Å². The number of benzene rings is 3. The number of phenolic OH excluding ortho intramolecular Hbond substituents is 2. The van der Waals surface area contributed by atoms with Crippen LogP contribution < -0.4 is 0 Å². The molecule has 0 aliphatic rings. The van der Waals surface area contributed by atoms with Crippen LogP contribution in [-0.2, 0) is 5.41 Å². The molecule has 0 unspecified atom stereocenters. The molecule has 2 N–H and O–H groups in total. The summed E-state index contributed by atoms with van der Waals surface area (Å²) in [5.74, 6) is 0.674. The maximum atomic E-state index is 9.47. The van der Waals surface area contributed by atoms with Crippen LogP contribution in [0.25, 0.3) is 0 Å². The van der Waals surface area contributed by atoms with Crippen molar-refractivity contribution in [2.75, 3.05) is 0 Å². The monoisotopic (exact) mass is 348 g/mol. The molecule has 0 aromatic heterocycles. The SMILES string of the molecule is Cc1cc(O)ccc1C(C)(C)c1ccccc1.Cc1ccc(O)cc1C. The third-order valence-corrected chi connectivity index (χ3v) is 4.87. The highest BCUT2D eigenvalue weighted by molar-refractivity contribution is 5.44. The van der Waals surface area contributed by atoms with Crippen LogP contribution in [0.3, 0.4) is 0 Å². The molecule has 2 nitrogen and oxygen atoms in total. The number of rotatable bonds is 2. The Labute approximate surface area is 156 Å². The van der Waals surface area contributed by atoms with E-state index in [9.17, 15) is 5.11 Å². The molecule has 0 amide bonds. The highest BCUT2D eigenvalue weighted by atomic mass is 16.3. The Morgan fingerprint density at radius 3 is 1.65 bits per heavy atom. The highest BCUT2D eigenvalue weighted by Gasteiger charge is 2.24. The van der Waals surface area contributed by atoms with Gasteiger partial charge >= 0.3 is 0 Å². The van der Waals surface area contributed by atoms with Crippen molar-refractivity contribution in [1.29, 1.82) is 0 Å². The van der Waals surface area contributed by atoms with Crippen LogP contribution in [0.1, 0.15) is 41.7 Å². The van der Waals surface area contributed by atoms with Gasteiger partial charge in [0.25, 0.3) is 0 Å². The molecular weight excluding hydrogens is 320 g/mol. The molecule has 0 aliphatic heterocycles. The van der Waals surface area contributed by atoms with Crippen molar-refractivity contribution in [3.05, 3.63) is 94.5 Å². The first-order valence-corrected chi connectivity index (χ1v) is 8.83. The number of aromatic hydroxyl groups is 2. The van der Waals surface area contributed by atoms with Gasteiger partial charge in [0.05, 0.1) is 0 Å². The van der Waals surface area contributed by atoms with Gasteiger partial charge in [-0.3, -0.25) is 0 Å². The quantitative estimate of drug-likeness (QED) is 0.593. The van der Waals surface area contributed by atoms with Crippen LogP contribution in [0.4, 0.5) is 0 Å². The van der Waals surface area contributed by atoms with Crippen molar-refractivity contribution < 1.29 is 10.2 Å². The van der Waals surface area contributed by atoms with Crippen LogP contribution in [-0.4, -0.2) is 10.2 Å². The molecule has 3 aromatic carbocycles. The van der Waals surface area contributed by atoms with Gasteiger partial charge in [0.15, 0.2) is 0 Å². The van der Waals surface area contributed by atoms with Crippen molar-refractivity contribution in [3.63, 3.8) is 0 Å². The van der Waals surface area contributed by atoms with Crippen molar-refractivity contribution in [2.45, 2.75) is 40.0 Å². The molecule has 0 radical (unpaired) electrons. The molecule has 2 heteroatoms. The van der Waals surface area contributed by atoms with Crippen LogP contribution in [0.15, 0.2) is 66.7 Å². The van der Waals surface area contributed by atoms with E-state index < -0.39 is 0 Å². The van der Waals surface area contributed by atoms with E-state index in [-0.39, 0.29) is 5.41 Å². The standard InChI is InChI=1S/C16H18O.C8H10O/c1-12-11-14(17)9-10-15(12)16(2,3)13-7-5-4-6-8-13;1-6-3-4-8(9)5-7(6)2/h4-11,17H,1-3H3;3-5,9H,1-2H3. The fourth-order valence-corrected chi connectivity index (χ4v) is 3.09. The zero-order chi connectivity index (χ0) is 19.3. The zero-order valence-electron chi connectivity index (χ0n) is 16.2. The Morgan fingerprint density at radius 1 is 0.615 bits per heavy atom. The molecule has 0 aliphatic carbocycles. The predicted octanol–water partition coefficient (Wildman–Crippen LogP) is 6.04. The molecule has 3 rings (SSSR count). The van der Waals surface area contributed by atoms with Crippen LogP contribution >= 0.6 is 0 Å². The second-order valence-corrected chi connectivity index (χ2v) is 7.26. The summed E-state index contributed by atoms with van der Waals surface area (Å²) in [6, 6.07) is 21.4. The molecule has 0 saturated heterocycles. The lowest BCUT2D eigenvalue weighted by Gasteiger charge is -2.28. The van der Waals surface area contributed by atoms with E-state index in [1.54, 1.807) is 18.2 Å². The van der Waals surface area contributed by atoms with E-state index in [4.69, 9.17) is 5.11 Å². The number of phenols is 2. The van der Waals surface area contributed by atoms with Crippen molar-refractivity contribution in [1.82, 2.24) is 0 Å². The summed E-state index contributed by atoms with van der Waals surface area (Å²) in [6.07, 6.45) is 0. The lowest BCUT2D eigenvalue weighted by atomic mass is 9.76. The smallest absolute Gasteiger partial charge is 0.115 e. The molecule has 0 heterocycles. The van der Waals surface area contributed by atoms with Gasteiger partial charge in [-0.1, -0.05) is 56.3 Å². The van der Waals surface area contributed by atoms with Crippen LogP contribution in [0, 0.1) is 20.8 Å². The summed E-state index contributed by atoms with van der Waals surface area (Å²) < 4.78 is 0. The molecule has 136 valence electrons. The molecular formula is C24H28O2. The van der Waals surface area contributed by atoms with Gasteiger partial charge in [0.1, 0.15) is 11.5 Å². The summed E-state index contributed by atoms with van der Waals surface area (Å²) in [5, 5.41) is 18.4. The van der Waals surface area contributed by atoms with Gasteiger partial charge in [-0.25, -0.2) is 0 Å². The average Bonchev–Trinajstić information content (AvgIpc) is 2.59. The van der Waals surface area contributed by atoms with Gasteiger partial charge in [-0.15, -0.1) is 0 Å². The molecule has 0 saturated carbocycles. The highest BCUT2D eigenvalue weighted by Crippen LogP contribution is 2.34. The summed E-state index contributed by atoms with van der Waals surface area (Å²) in [6.45, 7) is 10.5. The predicted molar refractivity (Wildman–Crippen MR) is 109 cm³/mol. The Bertz CT molecular complexity index is 865. The van der Waals surface area contributed by atoms with E-state index in [2.05, 4.69) is 38.1 Å². The minimum absolute atomic E-state index is 0.0426. The van der Waals surface area contributed by atoms with Gasteiger partial charge in [0, 0.05) is 5.41 Å². The first-order valence-electron chi connectivity index (χ1n) is 8.83. The second-order valence-electron chi connectivity index (χ2n) is 7.26. The zero-order valence-corrected chi connectivity index (χ0v) is 16.2. The third kappa shape index (κ3) is 4.66. The molecule has 0 bridgehead atoms. The molecule has 0 fully saturated rings. The van der Waals surface area contributed by atoms with Crippen LogP contribution in [0.5, 0.6) is 11.5 Å². The molecule has 26 heavy (non-hydrogen) atoms. The fraction of sp³-hybridized carbons (Fsp3) is 0.250. The number of hydrogen-bond donors (Lipinski definition) is 2. The molecule has 0 spiro atoms. The summed E-state index contributed by atoms with van der Waals surface area (Å²) in [5.41, 5.74) is 5.97. The molecule has 0 atom stereocenters. The fourth-order valence-electron chi connectivity index (χ4n) is 3.09. The van der Waals surface area contributed by atoms with E-state index in [0.717, 1.165) is 11.1 Å². The minimum Gasteiger partial charge on any atom is -0.508 e. The number of hydrogen-bond acceptors (Lipinski definition) is 2. The van der Waals surface area contributed by atoms with Crippen molar-refractivity contribution >= 4 is 0 Å². The Morgan fingerprint density at radius 2 is 1.15 bits per heavy atom. The largest absolute Gasteiger partial charge is 0.508 e. The minimum atomic E-state index is -0.0426. The normalized spacial score (nSPS) is 10.8. The van der Waals surface area contributed by atoms with Gasteiger partial charge < -0.3 is 10.2 Å². The second kappa shape index (κ2) is 8.09. The van der Waals surface area contributed by atoms with E-state index in [1.807, 2.05) is 45.0 Å². The lowest BCUT2D eigenvalue weighted by Crippen LogP contribution is -2.20. The Balaban J connectivity index is 0.000000228. The third-order valence-electron chi connectivity index (χ3n) is 4.87. The maximum absolute atomic E-state index is 9.47. The van der Waals surface area contributed by atoms with Gasteiger partial charge in [0.2, 0.25) is 0 Å². The first-order chi connectivity index (χ1) is 12.2. The first kappa shape index (κ1) is 19.6. The summed E-state index contributed by atoms with van der Waals surface area (Å²) in [4.78, 5) is 0. The number of aryl methyl sites for hydroxylation is 3.